The maximum atomic E-state index is 13.1. The third-order valence-electron chi connectivity index (χ3n) is 4.58. The molecule has 0 fully saturated rings. The molecule has 2 aromatic rings. The fraction of sp³-hybridized carbons (Fsp3) is 0.417. The maximum Gasteiger partial charge on any atom is 0.242 e. The zero-order valence-corrected chi connectivity index (χ0v) is 19.6. The van der Waals surface area contributed by atoms with Crippen molar-refractivity contribution in [2.75, 3.05) is 12.9 Å². The molecule has 0 aliphatic carbocycles. The highest BCUT2D eigenvalue weighted by Gasteiger charge is 2.28. The van der Waals surface area contributed by atoms with Gasteiger partial charge in [-0.05, 0) is 63.1 Å². The summed E-state index contributed by atoms with van der Waals surface area (Å²) in [6.45, 7) is 7.79. The van der Waals surface area contributed by atoms with Crippen LogP contribution in [0.2, 0.25) is 0 Å². The van der Waals surface area contributed by atoms with Crippen LogP contribution in [0.1, 0.15) is 38.8 Å². The summed E-state index contributed by atoms with van der Waals surface area (Å²) in [7, 11) is 1.60. The number of halogens is 1. The lowest BCUT2D eigenvalue weighted by molar-refractivity contribution is -0.139. The van der Waals surface area contributed by atoms with Gasteiger partial charge >= 0.3 is 0 Å². The molecule has 0 bridgehead atoms. The molecule has 0 unspecified atom stereocenters. The van der Waals surface area contributed by atoms with Gasteiger partial charge in [-0.25, -0.2) is 4.39 Å². The Hall–Kier alpha value is -2.54. The van der Waals surface area contributed by atoms with Gasteiger partial charge in [0.1, 0.15) is 17.6 Å². The molecule has 0 saturated heterocycles. The lowest BCUT2D eigenvalue weighted by Gasteiger charge is -2.31. The molecule has 0 saturated carbocycles. The Morgan fingerprint density at radius 1 is 1.06 bits per heavy atom. The summed E-state index contributed by atoms with van der Waals surface area (Å²) in [5.74, 6) is 0.938. The fourth-order valence-corrected chi connectivity index (χ4v) is 3.77. The Morgan fingerprint density at radius 2 is 1.65 bits per heavy atom. The molecule has 2 amide bonds. The van der Waals surface area contributed by atoms with Gasteiger partial charge in [0.15, 0.2) is 0 Å². The van der Waals surface area contributed by atoms with Crippen molar-refractivity contribution in [3.8, 4) is 5.75 Å². The van der Waals surface area contributed by atoms with E-state index in [0.29, 0.717) is 12.3 Å². The van der Waals surface area contributed by atoms with Gasteiger partial charge in [-0.15, -0.1) is 11.8 Å². The summed E-state index contributed by atoms with van der Waals surface area (Å²) in [6.07, 6.45) is 0. The Morgan fingerprint density at radius 3 is 2.19 bits per heavy atom. The number of methoxy groups -OCH3 is 1. The van der Waals surface area contributed by atoms with Crippen molar-refractivity contribution in [2.24, 2.45) is 0 Å². The number of amides is 2. The van der Waals surface area contributed by atoms with Crippen LogP contribution >= 0.6 is 11.8 Å². The van der Waals surface area contributed by atoms with E-state index >= 15 is 0 Å². The monoisotopic (exact) mass is 446 g/mol. The Kier molecular flexibility index (Phi) is 8.92. The fourth-order valence-electron chi connectivity index (χ4n) is 2.90. The second-order valence-electron chi connectivity index (χ2n) is 8.40. The first kappa shape index (κ1) is 24.7. The van der Waals surface area contributed by atoms with E-state index in [1.807, 2.05) is 45.0 Å². The number of hydrogen-bond acceptors (Lipinski definition) is 4. The molecular weight excluding hydrogens is 415 g/mol. The second-order valence-corrected chi connectivity index (χ2v) is 9.39. The summed E-state index contributed by atoms with van der Waals surface area (Å²) >= 11 is 1.44. The van der Waals surface area contributed by atoms with Crippen molar-refractivity contribution in [1.82, 2.24) is 10.2 Å². The molecule has 2 aromatic carbocycles. The van der Waals surface area contributed by atoms with Crippen molar-refractivity contribution in [1.29, 1.82) is 0 Å². The lowest BCUT2D eigenvalue weighted by Crippen LogP contribution is -2.52. The zero-order chi connectivity index (χ0) is 23.0. The Balaban J connectivity index is 2.09. The van der Waals surface area contributed by atoms with Crippen LogP contribution in [0.5, 0.6) is 5.75 Å². The molecule has 0 heterocycles. The standard InChI is InChI=1S/C24H31FN2O3S/c1-17(23(29)26-24(2,3)4)27(14-18-8-12-21(30-5)13-9-18)22(28)16-31-15-19-6-10-20(25)11-7-19/h6-13,17H,14-16H2,1-5H3,(H,26,29)/t17-/m1/s1. The van der Waals surface area contributed by atoms with Crippen LogP contribution in [0, 0.1) is 5.82 Å². The van der Waals surface area contributed by atoms with Gasteiger partial charge in [-0.2, -0.15) is 0 Å². The van der Waals surface area contributed by atoms with Gasteiger partial charge < -0.3 is 15.0 Å². The molecular formula is C24H31FN2O3S. The van der Waals surface area contributed by atoms with Crippen LogP contribution in [0.25, 0.3) is 0 Å². The van der Waals surface area contributed by atoms with Crippen molar-refractivity contribution < 1.29 is 18.7 Å². The highest BCUT2D eigenvalue weighted by Crippen LogP contribution is 2.18. The van der Waals surface area contributed by atoms with Crippen molar-refractivity contribution in [3.05, 3.63) is 65.5 Å². The number of thioether (sulfide) groups is 1. The van der Waals surface area contributed by atoms with E-state index in [0.717, 1.165) is 16.9 Å². The number of hydrogen-bond donors (Lipinski definition) is 1. The second kappa shape index (κ2) is 11.2. The molecule has 0 radical (unpaired) electrons. The van der Waals surface area contributed by atoms with Gasteiger partial charge in [0.25, 0.3) is 0 Å². The third kappa shape index (κ3) is 8.25. The van der Waals surface area contributed by atoms with Gasteiger partial charge in [0.05, 0.1) is 12.9 Å². The molecule has 7 heteroatoms. The van der Waals surface area contributed by atoms with E-state index in [4.69, 9.17) is 4.74 Å². The number of carbonyl (C=O) groups is 2. The van der Waals surface area contributed by atoms with Crippen LogP contribution in [0.15, 0.2) is 48.5 Å². The van der Waals surface area contributed by atoms with E-state index in [-0.39, 0.29) is 23.4 Å². The van der Waals surface area contributed by atoms with Crippen LogP contribution in [0.4, 0.5) is 4.39 Å². The van der Waals surface area contributed by atoms with Crippen LogP contribution in [-0.4, -0.2) is 41.2 Å². The molecule has 0 aliphatic heterocycles. The maximum absolute atomic E-state index is 13.1. The quantitative estimate of drug-likeness (QED) is 0.620. The Bertz CT molecular complexity index is 864. The van der Waals surface area contributed by atoms with Crippen LogP contribution < -0.4 is 10.1 Å². The number of nitrogens with one attached hydrogen (secondary N) is 1. The summed E-state index contributed by atoms with van der Waals surface area (Å²) in [5.41, 5.74) is 1.46. The SMILES string of the molecule is COc1ccc(CN(C(=O)CSCc2ccc(F)cc2)[C@H](C)C(=O)NC(C)(C)C)cc1. The van der Waals surface area contributed by atoms with Crippen LogP contribution in [0.3, 0.4) is 0 Å². The summed E-state index contributed by atoms with van der Waals surface area (Å²) in [5, 5.41) is 2.95. The van der Waals surface area contributed by atoms with E-state index in [2.05, 4.69) is 5.32 Å². The van der Waals surface area contributed by atoms with Gasteiger partial charge in [0.2, 0.25) is 11.8 Å². The molecule has 0 aliphatic rings. The van der Waals surface area contributed by atoms with Crippen molar-refractivity contribution in [3.63, 3.8) is 0 Å². The number of nitrogens with zero attached hydrogens (tertiary/aromatic N) is 1. The zero-order valence-electron chi connectivity index (χ0n) is 18.8. The largest absolute Gasteiger partial charge is 0.497 e. The molecule has 31 heavy (non-hydrogen) atoms. The lowest BCUT2D eigenvalue weighted by atomic mass is 10.1. The van der Waals surface area contributed by atoms with Crippen molar-refractivity contribution in [2.45, 2.75) is 51.6 Å². The summed E-state index contributed by atoms with van der Waals surface area (Å²) in [6, 6.07) is 13.1. The molecule has 0 aromatic heterocycles. The first-order valence-electron chi connectivity index (χ1n) is 10.2. The molecule has 1 atom stereocenters. The number of rotatable bonds is 9. The van der Waals surface area contributed by atoms with Gasteiger partial charge in [0, 0.05) is 17.8 Å². The van der Waals surface area contributed by atoms with E-state index < -0.39 is 11.6 Å². The van der Waals surface area contributed by atoms with E-state index in [1.165, 1.54) is 23.9 Å². The Labute approximate surface area is 188 Å². The average Bonchev–Trinajstić information content (AvgIpc) is 2.72. The highest BCUT2D eigenvalue weighted by molar-refractivity contribution is 7.99. The molecule has 5 nitrogen and oxygen atoms in total. The summed E-state index contributed by atoms with van der Waals surface area (Å²) < 4.78 is 18.3. The first-order valence-corrected chi connectivity index (χ1v) is 11.3. The molecule has 1 N–H and O–H groups in total. The number of carbonyl (C=O) groups excluding carboxylic acids is 2. The summed E-state index contributed by atoms with van der Waals surface area (Å²) in [4.78, 5) is 27.4. The van der Waals surface area contributed by atoms with E-state index in [1.54, 1.807) is 31.1 Å². The molecule has 0 spiro atoms. The minimum absolute atomic E-state index is 0.125. The topological polar surface area (TPSA) is 58.6 Å². The predicted molar refractivity (Wildman–Crippen MR) is 123 cm³/mol. The predicted octanol–water partition coefficient (Wildman–Crippen LogP) is 4.40. The molecule has 168 valence electrons. The minimum atomic E-state index is -0.625. The van der Waals surface area contributed by atoms with Crippen LogP contribution in [-0.2, 0) is 21.9 Å². The number of benzene rings is 2. The first-order chi connectivity index (χ1) is 14.6. The smallest absolute Gasteiger partial charge is 0.242 e. The normalized spacial score (nSPS) is 12.2. The van der Waals surface area contributed by atoms with Gasteiger partial charge in [-0.1, -0.05) is 24.3 Å². The third-order valence-corrected chi connectivity index (χ3v) is 5.57. The van der Waals surface area contributed by atoms with Crippen molar-refractivity contribution >= 4 is 23.6 Å². The molecule has 2 rings (SSSR count). The minimum Gasteiger partial charge on any atom is -0.497 e. The average molecular weight is 447 g/mol. The highest BCUT2D eigenvalue weighted by atomic mass is 32.2. The van der Waals surface area contributed by atoms with E-state index in [9.17, 15) is 14.0 Å². The number of ether oxygens (including phenoxy) is 1. The van der Waals surface area contributed by atoms with Gasteiger partial charge in [-0.3, -0.25) is 9.59 Å².